The van der Waals surface area contributed by atoms with Crippen LogP contribution in [0.5, 0.6) is 0 Å². The van der Waals surface area contributed by atoms with E-state index < -0.39 is 17.8 Å². The third kappa shape index (κ3) is 3.66. The molecule has 1 aromatic heterocycles. The van der Waals surface area contributed by atoms with E-state index in [1.807, 2.05) is 65.4 Å². The Balaban J connectivity index is 1.19. The number of hydrogen-bond acceptors (Lipinski definition) is 3. The van der Waals surface area contributed by atoms with Crippen molar-refractivity contribution in [1.29, 1.82) is 0 Å². The maximum Gasteiger partial charge on any atom is 0.335 e. The first-order valence-electron chi connectivity index (χ1n) is 13.2. The molecule has 4 amide bonds. The first-order chi connectivity index (χ1) is 18.0. The molecule has 186 valence electrons. The van der Waals surface area contributed by atoms with Crippen LogP contribution in [0.15, 0.2) is 78.5 Å². The molecule has 37 heavy (non-hydrogen) atoms. The van der Waals surface area contributed by atoms with Crippen molar-refractivity contribution < 1.29 is 14.4 Å². The average molecular weight is 492 g/mol. The summed E-state index contributed by atoms with van der Waals surface area (Å²) in [6.07, 6.45) is 11.3. The number of barbiturate groups is 1. The molecule has 4 aliphatic carbocycles. The summed E-state index contributed by atoms with van der Waals surface area (Å²) >= 11 is 0. The highest BCUT2D eigenvalue weighted by Gasteiger charge is 2.51. The van der Waals surface area contributed by atoms with Gasteiger partial charge in [-0.05, 0) is 110 Å². The zero-order valence-electron chi connectivity index (χ0n) is 20.6. The van der Waals surface area contributed by atoms with E-state index >= 15 is 0 Å². The van der Waals surface area contributed by atoms with Gasteiger partial charge in [0, 0.05) is 17.6 Å². The minimum Gasteiger partial charge on any atom is -0.317 e. The lowest BCUT2D eigenvalue weighted by atomic mass is 9.48. The number of hydrogen-bond donors (Lipinski definition) is 1. The maximum absolute atomic E-state index is 13.5. The van der Waals surface area contributed by atoms with Crippen molar-refractivity contribution >= 4 is 29.6 Å². The first kappa shape index (κ1) is 22.3. The quantitative estimate of drug-likeness (QED) is 0.381. The number of benzene rings is 2. The number of amides is 4. The van der Waals surface area contributed by atoms with E-state index in [-0.39, 0.29) is 11.0 Å². The molecule has 1 saturated heterocycles. The van der Waals surface area contributed by atoms with Gasteiger partial charge in [0.1, 0.15) is 5.57 Å². The van der Waals surface area contributed by atoms with Crippen LogP contribution < -0.4 is 10.2 Å². The van der Waals surface area contributed by atoms with Crippen LogP contribution >= 0.6 is 0 Å². The molecule has 1 N–H and O–H groups in total. The van der Waals surface area contributed by atoms with Crippen LogP contribution in [0.25, 0.3) is 11.8 Å². The van der Waals surface area contributed by atoms with Crippen molar-refractivity contribution in [3.8, 4) is 5.69 Å². The number of aromatic nitrogens is 1. The molecule has 0 atom stereocenters. The average Bonchev–Trinajstić information content (AvgIpc) is 3.35. The van der Waals surface area contributed by atoms with Crippen LogP contribution in [0.1, 0.15) is 49.8 Å². The van der Waals surface area contributed by atoms with Gasteiger partial charge < -0.3 is 4.57 Å². The fourth-order valence-corrected chi connectivity index (χ4v) is 7.80. The molecule has 0 spiro atoms. The smallest absolute Gasteiger partial charge is 0.317 e. The molecule has 6 heteroatoms. The van der Waals surface area contributed by atoms with Gasteiger partial charge in [0.2, 0.25) is 0 Å². The van der Waals surface area contributed by atoms with Crippen LogP contribution in [-0.4, -0.2) is 22.4 Å². The largest absolute Gasteiger partial charge is 0.335 e. The van der Waals surface area contributed by atoms with E-state index in [0.29, 0.717) is 11.4 Å². The number of carbonyl (C=O) groups excluding carboxylic acids is 3. The van der Waals surface area contributed by atoms with Gasteiger partial charge in [0.15, 0.2) is 0 Å². The lowest BCUT2D eigenvalue weighted by molar-refractivity contribution is -0.122. The zero-order valence-corrected chi connectivity index (χ0v) is 20.6. The molecule has 4 saturated carbocycles. The maximum atomic E-state index is 13.5. The van der Waals surface area contributed by atoms with Gasteiger partial charge >= 0.3 is 6.03 Å². The lowest BCUT2D eigenvalue weighted by Crippen LogP contribution is -2.54. The minimum atomic E-state index is -0.715. The fourth-order valence-electron chi connectivity index (χ4n) is 7.80. The summed E-state index contributed by atoms with van der Waals surface area (Å²) in [5, 5.41) is 2.35. The van der Waals surface area contributed by atoms with E-state index in [2.05, 4.69) is 17.4 Å². The molecule has 0 unspecified atom stereocenters. The van der Waals surface area contributed by atoms with Gasteiger partial charge in [-0.2, -0.15) is 0 Å². The molecule has 2 aromatic carbocycles. The summed E-state index contributed by atoms with van der Waals surface area (Å²) in [5.41, 5.74) is 3.57. The lowest BCUT2D eigenvalue weighted by Gasteiger charge is -2.57. The number of rotatable bonds is 4. The summed E-state index contributed by atoms with van der Waals surface area (Å²) in [4.78, 5) is 40.1. The molecule has 5 aliphatic rings. The highest BCUT2D eigenvalue weighted by molar-refractivity contribution is 6.39. The molecule has 8 rings (SSSR count). The molecule has 1 aliphatic heterocycles. The first-order valence-corrected chi connectivity index (χ1v) is 13.2. The SMILES string of the molecule is O=C1NC(=O)N(c2ccc(C34CC5CC(CC(C5)C3)C4)cc2)C(=O)/C1=C/c1cccn1-c1ccccc1. The van der Waals surface area contributed by atoms with Crippen LogP contribution in [-0.2, 0) is 15.0 Å². The minimum absolute atomic E-state index is 0.0689. The molecule has 3 aromatic rings. The Bertz CT molecular complexity index is 1400. The van der Waals surface area contributed by atoms with Crippen LogP contribution in [0.4, 0.5) is 10.5 Å². The van der Waals surface area contributed by atoms with Gasteiger partial charge in [0.25, 0.3) is 11.8 Å². The second kappa shape index (κ2) is 8.30. The monoisotopic (exact) mass is 491 g/mol. The Labute approximate surface area is 216 Å². The Morgan fingerprint density at radius 2 is 1.41 bits per heavy atom. The Hall–Kier alpha value is -3.93. The third-order valence-corrected chi connectivity index (χ3v) is 8.98. The zero-order chi connectivity index (χ0) is 25.1. The summed E-state index contributed by atoms with van der Waals surface area (Å²) in [6, 6.07) is 20.6. The fraction of sp³-hybridized carbons (Fsp3) is 0.323. The van der Waals surface area contributed by atoms with Crippen LogP contribution in [0.3, 0.4) is 0 Å². The molecular weight excluding hydrogens is 462 g/mol. The summed E-state index contributed by atoms with van der Waals surface area (Å²) < 4.78 is 1.90. The number of para-hydroxylation sites is 1. The third-order valence-electron chi connectivity index (χ3n) is 8.98. The number of carbonyl (C=O) groups is 3. The standard InChI is InChI=1S/C31H29N3O3/c35-28-27(16-26-7-4-12-33(26)24-5-2-1-3-6-24)29(36)34(30(37)32-28)25-10-8-23(9-11-25)31-17-20-13-21(18-31)15-22(14-20)19-31/h1-12,16,20-22H,13-15,17-19H2,(H,32,35,37)/b27-16+. The Morgan fingerprint density at radius 1 is 0.757 bits per heavy atom. The van der Waals surface area contributed by atoms with Gasteiger partial charge in [0.05, 0.1) is 5.69 Å². The molecular formula is C31H29N3O3. The number of nitrogens with one attached hydrogen (secondary N) is 1. The van der Waals surface area contributed by atoms with Gasteiger partial charge in [-0.15, -0.1) is 0 Å². The predicted molar refractivity (Wildman–Crippen MR) is 141 cm³/mol. The highest BCUT2D eigenvalue weighted by Crippen LogP contribution is 2.60. The second-order valence-corrected chi connectivity index (χ2v) is 11.3. The second-order valence-electron chi connectivity index (χ2n) is 11.3. The normalized spacial score (nSPS) is 29.7. The van der Waals surface area contributed by atoms with E-state index in [1.54, 1.807) is 6.08 Å². The van der Waals surface area contributed by atoms with Gasteiger partial charge in [-0.25, -0.2) is 9.69 Å². The molecule has 2 heterocycles. The van der Waals surface area contributed by atoms with Crippen LogP contribution in [0, 0.1) is 17.8 Å². The van der Waals surface area contributed by atoms with Crippen molar-refractivity contribution in [3.05, 3.63) is 89.8 Å². The Morgan fingerprint density at radius 3 is 2.05 bits per heavy atom. The summed E-state index contributed by atoms with van der Waals surface area (Å²) in [5.74, 6) is 1.23. The van der Waals surface area contributed by atoms with Crippen molar-refractivity contribution in [2.45, 2.75) is 43.9 Å². The van der Waals surface area contributed by atoms with E-state index in [4.69, 9.17) is 0 Å². The number of imide groups is 2. The van der Waals surface area contributed by atoms with E-state index in [1.165, 1.54) is 44.1 Å². The molecule has 6 nitrogen and oxygen atoms in total. The molecule has 0 radical (unpaired) electrons. The number of anilines is 1. The van der Waals surface area contributed by atoms with Gasteiger partial charge in [-0.1, -0.05) is 30.3 Å². The van der Waals surface area contributed by atoms with Gasteiger partial charge in [-0.3, -0.25) is 14.9 Å². The van der Waals surface area contributed by atoms with E-state index in [9.17, 15) is 14.4 Å². The van der Waals surface area contributed by atoms with Crippen LogP contribution in [0.2, 0.25) is 0 Å². The predicted octanol–water partition coefficient (Wildman–Crippen LogP) is 5.61. The Kier molecular flexibility index (Phi) is 5.00. The van der Waals surface area contributed by atoms with Crippen molar-refractivity contribution in [2.75, 3.05) is 4.90 Å². The van der Waals surface area contributed by atoms with Crippen molar-refractivity contribution in [3.63, 3.8) is 0 Å². The topological polar surface area (TPSA) is 71.4 Å². The molecule has 4 bridgehead atoms. The van der Waals surface area contributed by atoms with Crippen molar-refractivity contribution in [2.24, 2.45) is 17.8 Å². The number of nitrogens with zero attached hydrogens (tertiary/aromatic N) is 2. The van der Waals surface area contributed by atoms with E-state index in [0.717, 1.165) is 28.3 Å². The van der Waals surface area contributed by atoms with Crippen molar-refractivity contribution in [1.82, 2.24) is 9.88 Å². The highest BCUT2D eigenvalue weighted by atomic mass is 16.2. The summed E-state index contributed by atoms with van der Waals surface area (Å²) in [6.45, 7) is 0. The summed E-state index contributed by atoms with van der Waals surface area (Å²) in [7, 11) is 0. The molecule has 5 fully saturated rings. The number of urea groups is 1.